The maximum Gasteiger partial charge on any atom is 0.355 e. The molecule has 0 aliphatic rings. The first kappa shape index (κ1) is 18.3. The summed E-state index contributed by atoms with van der Waals surface area (Å²) < 4.78 is 44.5. The molecule has 2 heterocycles. The van der Waals surface area contributed by atoms with E-state index in [1.54, 1.807) is 0 Å². The quantitative estimate of drug-likeness (QED) is 0.440. The Labute approximate surface area is 149 Å². The number of carbonyl (C=O) groups excluding carboxylic acids is 2. The van der Waals surface area contributed by atoms with Crippen molar-refractivity contribution in [2.75, 3.05) is 11.9 Å². The van der Waals surface area contributed by atoms with Gasteiger partial charge in [-0.05, 0) is 6.07 Å². The molecule has 3 rings (SSSR count). The minimum Gasteiger partial charge on any atom is -0.451 e. The summed E-state index contributed by atoms with van der Waals surface area (Å²) in [5.41, 5.74) is -2.71. The molecule has 0 unspecified atom stereocenters. The van der Waals surface area contributed by atoms with E-state index < -0.39 is 58.4 Å². The molecule has 9 nitrogen and oxygen atoms in total. The number of nitrogens with one attached hydrogen (secondary N) is 3. The third kappa shape index (κ3) is 3.87. The number of fused-ring (bicyclic) bond motifs is 1. The molecule has 0 aliphatic carbocycles. The van der Waals surface area contributed by atoms with Crippen molar-refractivity contribution in [2.24, 2.45) is 0 Å². The van der Waals surface area contributed by atoms with E-state index in [1.165, 1.54) is 0 Å². The van der Waals surface area contributed by atoms with E-state index in [1.807, 2.05) is 9.97 Å². The molecule has 0 spiro atoms. The van der Waals surface area contributed by atoms with Crippen LogP contribution in [0.15, 0.2) is 21.7 Å². The van der Waals surface area contributed by atoms with Crippen molar-refractivity contribution in [3.63, 3.8) is 0 Å². The van der Waals surface area contributed by atoms with Gasteiger partial charge >= 0.3 is 11.7 Å². The highest BCUT2D eigenvalue weighted by Gasteiger charge is 2.19. The standard InChI is InChI=1S/C14H7F3N4O5S/c15-4-1-6-11(10(17)9(4)16)21-14(27-6)20-8(23)3-26-12(24)5-2-7(22)19-13(25)18-5/h1-2H,3H2,(H,20,21,23)(H2,18,19,22,25). The second-order valence-electron chi connectivity index (χ2n) is 4.98. The summed E-state index contributed by atoms with van der Waals surface area (Å²) in [4.78, 5) is 53.1. The number of carbonyl (C=O) groups is 2. The van der Waals surface area contributed by atoms with Crippen molar-refractivity contribution in [3.8, 4) is 0 Å². The van der Waals surface area contributed by atoms with Gasteiger partial charge in [0.05, 0.1) is 4.70 Å². The zero-order valence-corrected chi connectivity index (χ0v) is 13.7. The van der Waals surface area contributed by atoms with Crippen LogP contribution in [0, 0.1) is 17.5 Å². The van der Waals surface area contributed by atoms with Crippen molar-refractivity contribution in [3.05, 3.63) is 56.1 Å². The normalized spacial score (nSPS) is 10.8. The molecule has 1 aromatic carbocycles. The third-order valence-corrected chi connectivity index (χ3v) is 4.00. The summed E-state index contributed by atoms with van der Waals surface area (Å²) in [6, 6.07) is 1.49. The van der Waals surface area contributed by atoms with Gasteiger partial charge < -0.3 is 9.72 Å². The first-order chi connectivity index (χ1) is 12.7. The number of halogens is 3. The number of H-pyrrole nitrogens is 2. The van der Waals surface area contributed by atoms with Crippen LogP contribution in [-0.4, -0.2) is 33.4 Å². The molecule has 27 heavy (non-hydrogen) atoms. The average molecular weight is 400 g/mol. The topological polar surface area (TPSA) is 134 Å². The second kappa shape index (κ2) is 7.03. The smallest absolute Gasteiger partial charge is 0.355 e. The van der Waals surface area contributed by atoms with E-state index in [-0.39, 0.29) is 9.83 Å². The molecule has 0 bridgehead atoms. The lowest BCUT2D eigenvalue weighted by molar-refractivity contribution is -0.119. The highest BCUT2D eigenvalue weighted by Crippen LogP contribution is 2.30. The van der Waals surface area contributed by atoms with Gasteiger partial charge in [-0.25, -0.2) is 27.7 Å². The Morgan fingerprint density at radius 3 is 2.59 bits per heavy atom. The zero-order valence-electron chi connectivity index (χ0n) is 12.9. The number of nitrogens with zero attached hydrogens (tertiary/aromatic N) is 1. The van der Waals surface area contributed by atoms with Gasteiger partial charge in [-0.3, -0.25) is 19.9 Å². The fraction of sp³-hybridized carbons (Fsp3) is 0.0714. The highest BCUT2D eigenvalue weighted by atomic mass is 32.1. The van der Waals surface area contributed by atoms with Gasteiger partial charge in [-0.2, -0.15) is 0 Å². The van der Waals surface area contributed by atoms with E-state index >= 15 is 0 Å². The van der Waals surface area contributed by atoms with Crippen LogP contribution in [0.4, 0.5) is 18.3 Å². The Hall–Kier alpha value is -3.48. The van der Waals surface area contributed by atoms with Gasteiger partial charge in [0.1, 0.15) is 11.2 Å². The number of ether oxygens (including phenoxy) is 1. The number of aromatic amines is 2. The molecule has 13 heteroatoms. The van der Waals surface area contributed by atoms with Crippen LogP contribution < -0.4 is 16.6 Å². The molecule has 0 fully saturated rings. The van der Waals surface area contributed by atoms with Crippen molar-refractivity contribution in [2.45, 2.75) is 0 Å². The molecule has 0 saturated carbocycles. The number of benzene rings is 1. The number of hydrogen-bond donors (Lipinski definition) is 3. The van der Waals surface area contributed by atoms with E-state index in [4.69, 9.17) is 0 Å². The first-order valence-corrected chi connectivity index (χ1v) is 7.81. The molecule has 2 aromatic heterocycles. The molecule has 3 N–H and O–H groups in total. The van der Waals surface area contributed by atoms with Gasteiger partial charge in [0.2, 0.25) is 0 Å². The molecular formula is C14H7F3N4O5S. The van der Waals surface area contributed by atoms with Crippen LogP contribution in [0.3, 0.4) is 0 Å². The number of amides is 1. The third-order valence-electron chi connectivity index (χ3n) is 3.08. The Kier molecular flexibility index (Phi) is 4.77. The van der Waals surface area contributed by atoms with Gasteiger partial charge in [-0.15, -0.1) is 0 Å². The van der Waals surface area contributed by atoms with Gasteiger partial charge in [0, 0.05) is 6.07 Å². The summed E-state index contributed by atoms with van der Waals surface area (Å²) in [5, 5.41) is 1.99. The maximum atomic E-state index is 13.6. The van der Waals surface area contributed by atoms with E-state index in [9.17, 15) is 32.3 Å². The van der Waals surface area contributed by atoms with Gasteiger partial charge in [-0.1, -0.05) is 11.3 Å². The SMILES string of the molecule is O=C(COC(=O)c1cc(=O)[nH]c(=O)[nH]1)Nc1nc2c(F)c(F)c(F)cc2s1. The monoisotopic (exact) mass is 400 g/mol. The molecular weight excluding hydrogens is 393 g/mol. The van der Waals surface area contributed by atoms with Crippen LogP contribution in [0.25, 0.3) is 10.2 Å². The molecule has 0 atom stereocenters. The predicted molar refractivity (Wildman–Crippen MR) is 86.1 cm³/mol. The molecule has 0 radical (unpaired) electrons. The van der Waals surface area contributed by atoms with Crippen LogP contribution in [-0.2, 0) is 9.53 Å². The van der Waals surface area contributed by atoms with Gasteiger partial charge in [0.15, 0.2) is 29.2 Å². The largest absolute Gasteiger partial charge is 0.451 e. The highest BCUT2D eigenvalue weighted by molar-refractivity contribution is 7.22. The lowest BCUT2D eigenvalue weighted by atomic mass is 10.3. The summed E-state index contributed by atoms with van der Waals surface area (Å²) in [6.07, 6.45) is 0. The summed E-state index contributed by atoms with van der Waals surface area (Å²) in [6.45, 7) is -0.825. The Morgan fingerprint density at radius 2 is 1.89 bits per heavy atom. The van der Waals surface area contributed by atoms with Crippen molar-refractivity contribution >= 4 is 38.6 Å². The maximum absolute atomic E-state index is 13.6. The predicted octanol–water partition coefficient (Wildman–Crippen LogP) is 0.886. The number of esters is 1. The van der Waals surface area contributed by atoms with Crippen LogP contribution in [0.1, 0.15) is 10.5 Å². The lowest BCUT2D eigenvalue weighted by Gasteiger charge is -2.04. The van der Waals surface area contributed by atoms with Crippen molar-refractivity contribution in [1.29, 1.82) is 0 Å². The Bertz CT molecular complexity index is 1160. The Morgan fingerprint density at radius 1 is 1.15 bits per heavy atom. The van der Waals surface area contributed by atoms with Crippen LogP contribution >= 0.6 is 11.3 Å². The van der Waals surface area contributed by atoms with Crippen LogP contribution in [0.5, 0.6) is 0 Å². The van der Waals surface area contributed by atoms with E-state index in [0.717, 1.165) is 12.1 Å². The van der Waals surface area contributed by atoms with Crippen LogP contribution in [0.2, 0.25) is 0 Å². The molecule has 0 aliphatic heterocycles. The summed E-state index contributed by atoms with van der Waals surface area (Å²) in [5.74, 6) is -6.62. The van der Waals surface area contributed by atoms with E-state index in [0.29, 0.717) is 11.3 Å². The minimum absolute atomic E-state index is 0.0419. The van der Waals surface area contributed by atoms with Crippen molar-refractivity contribution in [1.82, 2.24) is 15.0 Å². The fourth-order valence-corrected chi connectivity index (χ4v) is 2.88. The number of thiazole rings is 1. The first-order valence-electron chi connectivity index (χ1n) is 6.99. The Balaban J connectivity index is 1.68. The number of rotatable bonds is 4. The number of aromatic nitrogens is 3. The molecule has 1 amide bonds. The van der Waals surface area contributed by atoms with Gasteiger partial charge in [0.25, 0.3) is 11.5 Å². The summed E-state index contributed by atoms with van der Waals surface area (Å²) >= 11 is 0.674. The summed E-state index contributed by atoms with van der Waals surface area (Å²) in [7, 11) is 0. The lowest BCUT2D eigenvalue weighted by Crippen LogP contribution is -2.27. The zero-order chi connectivity index (χ0) is 19.7. The number of anilines is 1. The minimum atomic E-state index is -1.69. The van der Waals surface area contributed by atoms with Crippen molar-refractivity contribution < 1.29 is 27.5 Å². The van der Waals surface area contributed by atoms with E-state index in [2.05, 4.69) is 15.0 Å². The molecule has 3 aromatic rings. The average Bonchev–Trinajstić information content (AvgIpc) is 2.99. The number of hydrogen-bond acceptors (Lipinski definition) is 7. The molecule has 0 saturated heterocycles. The fourth-order valence-electron chi connectivity index (χ4n) is 1.97. The molecule has 140 valence electrons. The second-order valence-corrected chi connectivity index (χ2v) is 6.01.